The van der Waals surface area contributed by atoms with Crippen molar-refractivity contribution >= 4 is 11.9 Å². The van der Waals surface area contributed by atoms with Gasteiger partial charge >= 0.3 is 11.9 Å². The van der Waals surface area contributed by atoms with E-state index in [-0.39, 0.29) is 17.9 Å². The SMILES string of the molecule is COC(=O)C1=C(C(=O)OC)[C@@H](CCCCO)N(Cc2ccccc2)O1. The van der Waals surface area contributed by atoms with Gasteiger partial charge in [0.15, 0.2) is 0 Å². The number of benzene rings is 1. The van der Waals surface area contributed by atoms with E-state index in [0.717, 1.165) is 5.56 Å². The van der Waals surface area contributed by atoms with E-state index >= 15 is 0 Å². The number of hydrogen-bond acceptors (Lipinski definition) is 7. The Morgan fingerprint density at radius 3 is 2.40 bits per heavy atom. The predicted molar refractivity (Wildman–Crippen MR) is 88.9 cm³/mol. The van der Waals surface area contributed by atoms with Gasteiger partial charge < -0.3 is 19.4 Å². The second kappa shape index (κ2) is 9.19. The standard InChI is InChI=1S/C18H23NO6/c1-23-17(21)15-14(10-6-7-11-20)19(25-16(15)18(22)24-2)12-13-8-4-3-5-9-13/h3-5,8-9,14,20H,6-7,10-12H2,1-2H3/t14-/m1/s1. The van der Waals surface area contributed by atoms with Crippen molar-refractivity contribution in [2.45, 2.75) is 31.8 Å². The molecule has 0 aromatic heterocycles. The van der Waals surface area contributed by atoms with Crippen LogP contribution in [0.1, 0.15) is 24.8 Å². The lowest BCUT2D eigenvalue weighted by Crippen LogP contribution is -2.32. The number of nitrogens with zero attached hydrogens (tertiary/aromatic N) is 1. The van der Waals surface area contributed by atoms with E-state index in [1.54, 1.807) is 5.06 Å². The molecule has 0 saturated heterocycles. The molecule has 0 unspecified atom stereocenters. The van der Waals surface area contributed by atoms with Crippen molar-refractivity contribution in [2.75, 3.05) is 20.8 Å². The highest BCUT2D eigenvalue weighted by molar-refractivity contribution is 6.00. The third-order valence-electron chi connectivity index (χ3n) is 3.98. The van der Waals surface area contributed by atoms with Crippen molar-refractivity contribution in [1.82, 2.24) is 5.06 Å². The van der Waals surface area contributed by atoms with Gasteiger partial charge in [-0.25, -0.2) is 9.59 Å². The minimum Gasteiger partial charge on any atom is -0.466 e. The maximum Gasteiger partial charge on any atom is 0.376 e. The van der Waals surface area contributed by atoms with Crippen LogP contribution in [0.15, 0.2) is 41.7 Å². The Morgan fingerprint density at radius 1 is 1.12 bits per heavy atom. The summed E-state index contributed by atoms with van der Waals surface area (Å²) in [5, 5.41) is 10.6. The molecule has 0 fully saturated rings. The van der Waals surface area contributed by atoms with Crippen LogP contribution < -0.4 is 0 Å². The molecule has 2 rings (SSSR count). The zero-order valence-electron chi connectivity index (χ0n) is 14.4. The summed E-state index contributed by atoms with van der Waals surface area (Å²) in [6.07, 6.45) is 1.81. The van der Waals surface area contributed by atoms with Gasteiger partial charge in [-0.1, -0.05) is 30.3 Å². The molecule has 0 amide bonds. The molecule has 25 heavy (non-hydrogen) atoms. The van der Waals surface area contributed by atoms with Gasteiger partial charge in [-0.05, 0) is 24.8 Å². The molecule has 0 radical (unpaired) electrons. The van der Waals surface area contributed by atoms with Crippen LogP contribution in [0.5, 0.6) is 0 Å². The fourth-order valence-corrected chi connectivity index (χ4v) is 2.75. The molecule has 1 heterocycles. The number of hydrogen-bond donors (Lipinski definition) is 1. The molecule has 0 spiro atoms. The highest BCUT2D eigenvalue weighted by atomic mass is 16.7. The number of rotatable bonds is 8. The average molecular weight is 349 g/mol. The number of ether oxygens (including phenoxy) is 2. The maximum atomic E-state index is 12.2. The topological polar surface area (TPSA) is 85.3 Å². The van der Waals surface area contributed by atoms with E-state index in [4.69, 9.17) is 19.4 Å². The normalized spacial score (nSPS) is 17.3. The van der Waals surface area contributed by atoms with Gasteiger partial charge in [0.25, 0.3) is 0 Å². The summed E-state index contributed by atoms with van der Waals surface area (Å²) < 4.78 is 9.57. The number of aliphatic hydroxyl groups is 1. The number of esters is 2. The van der Waals surface area contributed by atoms with Crippen LogP contribution in [0, 0.1) is 0 Å². The van der Waals surface area contributed by atoms with Crippen LogP contribution in [0.2, 0.25) is 0 Å². The Balaban J connectivity index is 2.30. The highest BCUT2D eigenvalue weighted by Crippen LogP contribution is 2.32. The molecular weight excluding hydrogens is 326 g/mol. The van der Waals surface area contributed by atoms with E-state index in [0.29, 0.717) is 25.8 Å². The number of unbranched alkanes of at least 4 members (excludes halogenated alkanes) is 1. The lowest BCUT2D eigenvalue weighted by atomic mass is 10.00. The fourth-order valence-electron chi connectivity index (χ4n) is 2.75. The predicted octanol–water partition coefficient (Wildman–Crippen LogP) is 1.57. The zero-order valence-corrected chi connectivity index (χ0v) is 14.4. The third kappa shape index (κ3) is 4.58. The van der Waals surface area contributed by atoms with Crippen LogP contribution in [0.4, 0.5) is 0 Å². The monoisotopic (exact) mass is 349 g/mol. The van der Waals surface area contributed by atoms with Crippen molar-refractivity contribution in [3.8, 4) is 0 Å². The van der Waals surface area contributed by atoms with E-state index in [1.165, 1.54) is 14.2 Å². The van der Waals surface area contributed by atoms with Crippen LogP contribution in [0.3, 0.4) is 0 Å². The van der Waals surface area contributed by atoms with Gasteiger partial charge in [-0.2, -0.15) is 0 Å². The van der Waals surface area contributed by atoms with Gasteiger partial charge in [0.1, 0.15) is 5.57 Å². The zero-order chi connectivity index (χ0) is 18.2. The van der Waals surface area contributed by atoms with E-state index in [2.05, 4.69) is 0 Å². The molecule has 1 aromatic rings. The molecule has 0 aliphatic carbocycles. The summed E-state index contributed by atoms with van der Waals surface area (Å²) in [6.45, 7) is 0.457. The van der Waals surface area contributed by atoms with Gasteiger partial charge in [0.05, 0.1) is 26.8 Å². The second-order valence-electron chi connectivity index (χ2n) is 5.61. The molecule has 0 bridgehead atoms. The summed E-state index contributed by atoms with van der Waals surface area (Å²) in [5.74, 6) is -1.48. The number of methoxy groups -OCH3 is 2. The first-order valence-corrected chi connectivity index (χ1v) is 8.12. The van der Waals surface area contributed by atoms with E-state index in [1.807, 2.05) is 30.3 Å². The molecule has 136 valence electrons. The van der Waals surface area contributed by atoms with Crippen molar-refractivity contribution in [3.05, 3.63) is 47.2 Å². The summed E-state index contributed by atoms with van der Waals surface area (Å²) in [6, 6.07) is 9.13. The molecule has 1 aliphatic rings. The number of carbonyl (C=O) groups is 2. The molecule has 1 aliphatic heterocycles. The minimum atomic E-state index is -0.719. The lowest BCUT2D eigenvalue weighted by Gasteiger charge is -2.24. The van der Waals surface area contributed by atoms with Crippen molar-refractivity contribution in [3.63, 3.8) is 0 Å². The Labute approximate surface area is 146 Å². The molecule has 7 nitrogen and oxygen atoms in total. The quantitative estimate of drug-likeness (QED) is 0.563. The van der Waals surface area contributed by atoms with Crippen LogP contribution in [0.25, 0.3) is 0 Å². The largest absolute Gasteiger partial charge is 0.466 e. The van der Waals surface area contributed by atoms with Crippen molar-refractivity contribution < 1.29 is 29.0 Å². The number of hydroxylamine groups is 2. The first-order chi connectivity index (χ1) is 12.1. The molecule has 1 N–H and O–H groups in total. The molecule has 0 saturated carbocycles. The number of carbonyl (C=O) groups excluding carboxylic acids is 2. The Kier molecular flexibility index (Phi) is 6.97. The first-order valence-electron chi connectivity index (χ1n) is 8.12. The van der Waals surface area contributed by atoms with Crippen molar-refractivity contribution in [1.29, 1.82) is 0 Å². The Morgan fingerprint density at radius 2 is 1.80 bits per heavy atom. The molecule has 1 atom stereocenters. The van der Waals surface area contributed by atoms with Gasteiger partial charge in [-0.15, -0.1) is 5.06 Å². The Bertz CT molecular complexity index is 628. The van der Waals surface area contributed by atoms with Gasteiger partial charge in [0, 0.05) is 6.61 Å². The first kappa shape index (κ1) is 19.0. The minimum absolute atomic E-state index is 0.0629. The van der Waals surface area contributed by atoms with E-state index in [9.17, 15) is 9.59 Å². The van der Waals surface area contributed by atoms with Crippen molar-refractivity contribution in [2.24, 2.45) is 0 Å². The Hall–Kier alpha value is -2.38. The fraction of sp³-hybridized carbons (Fsp3) is 0.444. The average Bonchev–Trinajstić information content (AvgIpc) is 2.99. The molecular formula is C18H23NO6. The summed E-state index contributed by atoms with van der Waals surface area (Å²) in [7, 11) is 2.49. The van der Waals surface area contributed by atoms with Gasteiger partial charge in [-0.3, -0.25) is 0 Å². The lowest BCUT2D eigenvalue weighted by molar-refractivity contribution is -0.160. The smallest absolute Gasteiger partial charge is 0.376 e. The van der Waals surface area contributed by atoms with Crippen LogP contribution in [-0.4, -0.2) is 49.0 Å². The molecule has 7 heteroatoms. The number of aliphatic hydroxyl groups excluding tert-OH is 1. The second-order valence-corrected chi connectivity index (χ2v) is 5.61. The molecule has 1 aromatic carbocycles. The summed E-state index contributed by atoms with van der Waals surface area (Å²) >= 11 is 0. The third-order valence-corrected chi connectivity index (χ3v) is 3.98. The van der Waals surface area contributed by atoms with Crippen LogP contribution in [-0.2, 0) is 30.4 Å². The summed E-state index contributed by atoms with van der Waals surface area (Å²) in [5.41, 5.74) is 1.13. The highest BCUT2D eigenvalue weighted by Gasteiger charge is 2.42. The van der Waals surface area contributed by atoms with E-state index < -0.39 is 18.0 Å². The van der Waals surface area contributed by atoms with Gasteiger partial charge in [0.2, 0.25) is 5.76 Å². The summed E-state index contributed by atoms with van der Waals surface area (Å²) in [4.78, 5) is 30.0. The van der Waals surface area contributed by atoms with Crippen LogP contribution >= 0.6 is 0 Å². The maximum absolute atomic E-state index is 12.2.